The molecule has 3 unspecified atom stereocenters. The largest absolute Gasteiger partial charge is 0.391 e. The van der Waals surface area contributed by atoms with E-state index in [1.165, 1.54) is 45.1 Å². The molecule has 0 amide bonds. The van der Waals surface area contributed by atoms with E-state index in [-0.39, 0.29) is 6.10 Å². The van der Waals surface area contributed by atoms with Crippen LogP contribution in [0.25, 0.3) is 0 Å². The Balaban J connectivity index is 1.97. The average Bonchev–Trinajstić information content (AvgIpc) is 2.31. The molecule has 0 spiro atoms. The highest BCUT2D eigenvalue weighted by atomic mass is 16.3. The molecule has 3 nitrogen and oxygen atoms in total. The van der Waals surface area contributed by atoms with Gasteiger partial charge in [-0.25, -0.2) is 0 Å². The minimum atomic E-state index is -0.0776. The Kier molecular flexibility index (Phi) is 4.62. The molecular weight excluding hydrogens is 200 g/mol. The topological polar surface area (TPSA) is 35.5 Å². The molecule has 0 aromatic heterocycles. The molecule has 2 N–H and O–H groups in total. The lowest BCUT2D eigenvalue weighted by Gasteiger charge is -2.44. The summed E-state index contributed by atoms with van der Waals surface area (Å²) < 4.78 is 0. The molecular formula is C13H26N2O. The van der Waals surface area contributed by atoms with Crippen molar-refractivity contribution in [3.05, 3.63) is 0 Å². The quantitative estimate of drug-likeness (QED) is 0.763. The predicted molar refractivity (Wildman–Crippen MR) is 66.5 cm³/mol. The number of aliphatic hydroxyl groups is 1. The number of hydrogen-bond acceptors (Lipinski definition) is 3. The number of likely N-dealkylation sites (N-methyl/N-ethyl adjacent to an activating group) is 1. The van der Waals surface area contributed by atoms with Crippen molar-refractivity contribution in [1.29, 1.82) is 0 Å². The molecule has 2 aliphatic rings. The van der Waals surface area contributed by atoms with E-state index in [2.05, 4.69) is 10.2 Å². The zero-order chi connectivity index (χ0) is 11.4. The molecule has 3 heteroatoms. The number of rotatable bonds is 3. The second kappa shape index (κ2) is 5.99. The monoisotopic (exact) mass is 226 g/mol. The summed E-state index contributed by atoms with van der Waals surface area (Å²) in [6.45, 7) is 2.26. The van der Waals surface area contributed by atoms with Crippen molar-refractivity contribution in [3.63, 3.8) is 0 Å². The fourth-order valence-electron chi connectivity index (χ4n) is 3.39. The van der Waals surface area contributed by atoms with Crippen LogP contribution in [0.5, 0.6) is 0 Å². The van der Waals surface area contributed by atoms with Crippen LogP contribution in [0.3, 0.4) is 0 Å². The Morgan fingerprint density at radius 3 is 2.62 bits per heavy atom. The van der Waals surface area contributed by atoms with Gasteiger partial charge in [-0.15, -0.1) is 0 Å². The fourth-order valence-corrected chi connectivity index (χ4v) is 3.39. The van der Waals surface area contributed by atoms with E-state index in [9.17, 15) is 5.11 Å². The molecule has 1 heterocycles. The number of aliphatic hydroxyl groups excluding tert-OH is 1. The predicted octanol–water partition coefficient (Wildman–Crippen LogP) is 1.36. The normalized spacial score (nSPS) is 37.5. The van der Waals surface area contributed by atoms with Crippen molar-refractivity contribution in [3.8, 4) is 0 Å². The molecule has 1 saturated heterocycles. The molecule has 16 heavy (non-hydrogen) atoms. The molecule has 1 aliphatic carbocycles. The van der Waals surface area contributed by atoms with Gasteiger partial charge in [0.1, 0.15) is 0 Å². The summed E-state index contributed by atoms with van der Waals surface area (Å²) in [6.07, 6.45) is 8.59. The first-order chi connectivity index (χ1) is 7.83. The van der Waals surface area contributed by atoms with Crippen molar-refractivity contribution < 1.29 is 5.11 Å². The van der Waals surface area contributed by atoms with E-state index in [0.717, 1.165) is 13.0 Å². The van der Waals surface area contributed by atoms with Gasteiger partial charge in [0, 0.05) is 18.6 Å². The SMILES string of the molecule is CNCC1CCCCN1C1CCCCC1O. The van der Waals surface area contributed by atoms with E-state index in [4.69, 9.17) is 0 Å². The maximum Gasteiger partial charge on any atom is 0.0695 e. The van der Waals surface area contributed by atoms with Crippen molar-refractivity contribution >= 4 is 0 Å². The van der Waals surface area contributed by atoms with E-state index >= 15 is 0 Å². The summed E-state index contributed by atoms with van der Waals surface area (Å²) in [5, 5.41) is 13.4. The minimum Gasteiger partial charge on any atom is -0.391 e. The summed E-state index contributed by atoms with van der Waals surface area (Å²) in [6, 6.07) is 1.09. The Hall–Kier alpha value is -0.120. The number of piperidine rings is 1. The minimum absolute atomic E-state index is 0.0776. The van der Waals surface area contributed by atoms with Crippen LogP contribution in [-0.2, 0) is 0 Å². The number of hydrogen-bond donors (Lipinski definition) is 2. The van der Waals surface area contributed by atoms with Gasteiger partial charge in [0.25, 0.3) is 0 Å². The molecule has 1 aliphatic heterocycles. The van der Waals surface area contributed by atoms with Gasteiger partial charge >= 0.3 is 0 Å². The van der Waals surface area contributed by atoms with Crippen LogP contribution >= 0.6 is 0 Å². The number of nitrogens with one attached hydrogen (secondary N) is 1. The highest BCUT2D eigenvalue weighted by molar-refractivity contribution is 4.89. The van der Waals surface area contributed by atoms with Crippen molar-refractivity contribution in [2.45, 2.75) is 63.1 Å². The number of likely N-dealkylation sites (tertiary alicyclic amines) is 1. The lowest BCUT2D eigenvalue weighted by molar-refractivity contribution is -0.0142. The van der Waals surface area contributed by atoms with E-state index < -0.39 is 0 Å². The van der Waals surface area contributed by atoms with Crippen molar-refractivity contribution in [2.24, 2.45) is 0 Å². The van der Waals surface area contributed by atoms with Crippen LogP contribution in [0.1, 0.15) is 44.9 Å². The van der Waals surface area contributed by atoms with Crippen LogP contribution in [-0.4, -0.2) is 48.3 Å². The average molecular weight is 226 g/mol. The fraction of sp³-hybridized carbons (Fsp3) is 1.00. The first-order valence-electron chi connectivity index (χ1n) is 6.91. The Bertz CT molecular complexity index is 208. The van der Waals surface area contributed by atoms with Gasteiger partial charge in [-0.3, -0.25) is 4.90 Å². The molecule has 2 rings (SSSR count). The smallest absolute Gasteiger partial charge is 0.0695 e. The molecule has 1 saturated carbocycles. The van der Waals surface area contributed by atoms with E-state index in [0.29, 0.717) is 12.1 Å². The third kappa shape index (κ3) is 2.76. The van der Waals surface area contributed by atoms with Gasteiger partial charge in [-0.1, -0.05) is 19.3 Å². The summed E-state index contributed by atoms with van der Waals surface area (Å²) in [4.78, 5) is 2.59. The van der Waals surface area contributed by atoms with Crippen LogP contribution in [0.15, 0.2) is 0 Å². The Morgan fingerprint density at radius 2 is 1.88 bits per heavy atom. The first kappa shape index (κ1) is 12.3. The van der Waals surface area contributed by atoms with Crippen LogP contribution < -0.4 is 5.32 Å². The third-order valence-electron chi connectivity index (χ3n) is 4.23. The summed E-state index contributed by atoms with van der Waals surface area (Å²) in [5.74, 6) is 0. The molecule has 0 radical (unpaired) electrons. The second-order valence-electron chi connectivity index (χ2n) is 5.36. The molecule has 0 bridgehead atoms. The van der Waals surface area contributed by atoms with Gasteiger partial charge in [0.05, 0.1) is 6.10 Å². The summed E-state index contributed by atoms with van der Waals surface area (Å²) >= 11 is 0. The highest BCUT2D eigenvalue weighted by Gasteiger charge is 2.33. The van der Waals surface area contributed by atoms with Gasteiger partial charge < -0.3 is 10.4 Å². The summed E-state index contributed by atoms with van der Waals surface area (Å²) in [7, 11) is 2.03. The van der Waals surface area contributed by atoms with Gasteiger partial charge in [-0.05, 0) is 39.3 Å². The zero-order valence-electron chi connectivity index (χ0n) is 10.5. The maximum absolute atomic E-state index is 10.1. The second-order valence-corrected chi connectivity index (χ2v) is 5.36. The zero-order valence-corrected chi connectivity index (χ0v) is 10.5. The molecule has 3 atom stereocenters. The highest BCUT2D eigenvalue weighted by Crippen LogP contribution is 2.28. The lowest BCUT2D eigenvalue weighted by Crippen LogP contribution is -2.54. The van der Waals surface area contributed by atoms with E-state index in [1.54, 1.807) is 0 Å². The molecule has 2 fully saturated rings. The Labute approximate surface area is 99.2 Å². The van der Waals surface area contributed by atoms with Gasteiger partial charge in [0.15, 0.2) is 0 Å². The van der Waals surface area contributed by atoms with E-state index in [1.807, 2.05) is 7.05 Å². The van der Waals surface area contributed by atoms with Crippen molar-refractivity contribution in [1.82, 2.24) is 10.2 Å². The van der Waals surface area contributed by atoms with Gasteiger partial charge in [0.2, 0.25) is 0 Å². The molecule has 94 valence electrons. The van der Waals surface area contributed by atoms with Crippen LogP contribution in [0.2, 0.25) is 0 Å². The van der Waals surface area contributed by atoms with Crippen molar-refractivity contribution in [2.75, 3.05) is 20.1 Å². The van der Waals surface area contributed by atoms with Crippen LogP contribution in [0.4, 0.5) is 0 Å². The standard InChI is InChI=1S/C13H26N2O/c1-14-10-11-6-4-5-9-15(11)12-7-2-3-8-13(12)16/h11-14,16H,2-10H2,1H3. The first-order valence-corrected chi connectivity index (χ1v) is 6.91. The van der Waals surface area contributed by atoms with Gasteiger partial charge in [-0.2, -0.15) is 0 Å². The van der Waals surface area contributed by atoms with Crippen LogP contribution in [0, 0.1) is 0 Å². The molecule has 0 aromatic carbocycles. The summed E-state index contributed by atoms with van der Waals surface area (Å²) in [5.41, 5.74) is 0. The third-order valence-corrected chi connectivity index (χ3v) is 4.23. The molecule has 0 aromatic rings. The maximum atomic E-state index is 10.1. The lowest BCUT2D eigenvalue weighted by atomic mass is 9.88. The Morgan fingerprint density at radius 1 is 1.12 bits per heavy atom. The number of nitrogens with zero attached hydrogens (tertiary/aromatic N) is 1.